The number of allylic oxidation sites excluding steroid dienone is 2. The summed E-state index contributed by atoms with van der Waals surface area (Å²) in [5.41, 5.74) is 0.562. The van der Waals surface area contributed by atoms with Crippen molar-refractivity contribution < 1.29 is 58.0 Å². The number of hydrogen-bond acceptors (Lipinski definition) is 12. The first kappa shape index (κ1) is 40.7. The summed E-state index contributed by atoms with van der Waals surface area (Å²) in [5.74, 6) is -2.91. The zero-order valence-electron chi connectivity index (χ0n) is 32.8. The highest BCUT2D eigenvalue weighted by molar-refractivity contribution is 5.78. The molecule has 12 nitrogen and oxygen atoms in total. The largest absolute Gasteiger partial charge is 0.462 e. The van der Waals surface area contributed by atoms with Gasteiger partial charge in [-0.3, -0.25) is 4.79 Å². The highest BCUT2D eigenvalue weighted by Gasteiger charge is 2.61. The Bertz CT molecular complexity index is 1440. The molecule has 0 radical (unpaired) electrons. The fraction of sp³-hybridized carbons (Fsp3) is 0.780. The van der Waals surface area contributed by atoms with Crippen molar-refractivity contribution in [2.45, 2.75) is 159 Å². The molecule has 0 aromatic heterocycles. The SMILES string of the molecule is CO[C@H]1C[C@H](O[C@@H]2/C(C)=C/C[C@@H]3C[C@@H](C[C@]4(C[C@H](O)[C@H](C)[C@@H](C(C)C)O4)O3)OC(=O)[C@@H]3C=C(C)[C@@H](OC)[C@H]4OC/C(=C\C=C\[C@@H]2C)[C@]43O)O[C@@H](C)[C@@H]1O. The quantitative estimate of drug-likeness (QED) is 0.272. The molecule has 0 aromatic carbocycles. The molecule has 0 amide bonds. The van der Waals surface area contributed by atoms with E-state index in [1.54, 1.807) is 20.3 Å². The van der Waals surface area contributed by atoms with Crippen LogP contribution in [0.2, 0.25) is 0 Å². The standard InChI is InChI=1S/C41H62O12/c1-21(2)35-25(6)31(42)19-40(53-35)18-29-16-28(52-40)14-13-23(4)36(51-33-17-32(46-8)34(43)26(7)49-33)22(3)11-10-12-27-20-48-38-37(47-9)24(5)15-30(39(44)50-29)41(27,38)45/h10-13,15,21-22,25-26,28-38,42-43,45H,14,16-20H2,1-9H3/b11-10+,23-13+,27-12+/t22-,25-,26-,28+,29-,30-,31-,32-,33-,34-,35+,36-,37+,38+,40-,41+/m0/s1. The van der Waals surface area contributed by atoms with Gasteiger partial charge in [0.25, 0.3) is 0 Å². The van der Waals surface area contributed by atoms with Crippen LogP contribution in [0.3, 0.4) is 0 Å². The van der Waals surface area contributed by atoms with Crippen LogP contribution in [0.25, 0.3) is 0 Å². The summed E-state index contributed by atoms with van der Waals surface area (Å²) in [7, 11) is 3.15. The van der Waals surface area contributed by atoms with E-state index in [0.29, 0.717) is 24.8 Å². The molecule has 2 bridgehead atoms. The highest BCUT2D eigenvalue weighted by atomic mass is 16.7. The van der Waals surface area contributed by atoms with E-state index in [-0.39, 0.29) is 43.3 Å². The van der Waals surface area contributed by atoms with E-state index in [4.69, 9.17) is 37.9 Å². The molecular weight excluding hydrogens is 684 g/mol. The molecule has 4 saturated heterocycles. The van der Waals surface area contributed by atoms with Crippen LogP contribution in [0.4, 0.5) is 0 Å². The molecule has 0 saturated carbocycles. The normalized spacial score (nSPS) is 49.3. The zero-order chi connectivity index (χ0) is 38.4. The predicted molar refractivity (Wildman–Crippen MR) is 194 cm³/mol. The van der Waals surface area contributed by atoms with E-state index in [0.717, 1.165) is 11.1 Å². The Kier molecular flexibility index (Phi) is 12.5. The van der Waals surface area contributed by atoms with Gasteiger partial charge in [0.15, 0.2) is 12.1 Å². The lowest BCUT2D eigenvalue weighted by Gasteiger charge is -2.52. The van der Waals surface area contributed by atoms with Crippen LogP contribution in [0.1, 0.15) is 80.6 Å². The van der Waals surface area contributed by atoms with Gasteiger partial charge in [-0.25, -0.2) is 0 Å². The van der Waals surface area contributed by atoms with Crippen LogP contribution in [0.15, 0.2) is 47.1 Å². The van der Waals surface area contributed by atoms with Gasteiger partial charge >= 0.3 is 5.97 Å². The molecule has 4 fully saturated rings. The van der Waals surface area contributed by atoms with Crippen molar-refractivity contribution in [1.29, 1.82) is 0 Å². The Hall–Kier alpha value is -1.97. The third-order valence-corrected chi connectivity index (χ3v) is 12.5. The second-order valence-corrected chi connectivity index (χ2v) is 16.7. The molecule has 53 heavy (non-hydrogen) atoms. The topological polar surface area (TPSA) is 152 Å². The Morgan fingerprint density at radius 3 is 2.42 bits per heavy atom. The number of ether oxygens (including phenoxy) is 8. The van der Waals surface area contributed by atoms with Gasteiger partial charge in [0, 0.05) is 51.7 Å². The maximum absolute atomic E-state index is 14.3. The molecule has 12 heteroatoms. The van der Waals surface area contributed by atoms with E-state index in [9.17, 15) is 20.1 Å². The minimum atomic E-state index is -1.71. The zero-order valence-corrected chi connectivity index (χ0v) is 32.8. The van der Waals surface area contributed by atoms with Gasteiger partial charge in [0.2, 0.25) is 0 Å². The van der Waals surface area contributed by atoms with Crippen LogP contribution >= 0.6 is 0 Å². The first-order chi connectivity index (χ1) is 25.1. The van der Waals surface area contributed by atoms with Gasteiger partial charge in [-0.1, -0.05) is 58.1 Å². The summed E-state index contributed by atoms with van der Waals surface area (Å²) in [6, 6.07) is 0. The van der Waals surface area contributed by atoms with Crippen LogP contribution in [0.5, 0.6) is 0 Å². The minimum absolute atomic E-state index is 0.0999. The smallest absolute Gasteiger partial charge is 0.316 e. The predicted octanol–water partition coefficient (Wildman–Crippen LogP) is 4.30. The monoisotopic (exact) mass is 746 g/mol. The van der Waals surface area contributed by atoms with Gasteiger partial charge in [-0.15, -0.1) is 0 Å². The van der Waals surface area contributed by atoms with Crippen LogP contribution in [-0.2, 0) is 42.7 Å². The first-order valence-electron chi connectivity index (χ1n) is 19.5. The number of hydrogen-bond donors (Lipinski definition) is 3. The lowest BCUT2D eigenvalue weighted by Crippen LogP contribution is -2.60. The third-order valence-electron chi connectivity index (χ3n) is 12.5. The molecular formula is C41H62O12. The maximum Gasteiger partial charge on any atom is 0.316 e. The van der Waals surface area contributed by atoms with Crippen molar-refractivity contribution >= 4 is 5.97 Å². The summed E-state index contributed by atoms with van der Waals surface area (Å²) < 4.78 is 50.3. The van der Waals surface area contributed by atoms with E-state index in [2.05, 4.69) is 26.8 Å². The maximum atomic E-state index is 14.3. The van der Waals surface area contributed by atoms with Crippen molar-refractivity contribution in [2.75, 3.05) is 20.8 Å². The van der Waals surface area contributed by atoms with Gasteiger partial charge in [-0.05, 0) is 49.8 Å². The highest BCUT2D eigenvalue weighted by Crippen LogP contribution is 2.48. The Morgan fingerprint density at radius 2 is 1.72 bits per heavy atom. The number of fused-ring (bicyclic) bond motifs is 2. The molecule has 298 valence electrons. The summed E-state index contributed by atoms with van der Waals surface area (Å²) in [6.07, 6.45) is 5.24. The fourth-order valence-electron chi connectivity index (χ4n) is 9.46. The summed E-state index contributed by atoms with van der Waals surface area (Å²) in [6.45, 7) is 14.0. The van der Waals surface area contributed by atoms with Crippen LogP contribution in [0, 0.1) is 23.7 Å². The van der Waals surface area contributed by atoms with E-state index < -0.39 is 84.5 Å². The number of methoxy groups -OCH3 is 2. The number of aliphatic hydroxyl groups is 3. The fourth-order valence-corrected chi connectivity index (χ4v) is 9.46. The second-order valence-electron chi connectivity index (χ2n) is 16.7. The van der Waals surface area contributed by atoms with Crippen molar-refractivity contribution in [3.8, 4) is 0 Å². The molecule has 1 aliphatic carbocycles. The van der Waals surface area contributed by atoms with E-state index in [1.807, 2.05) is 45.9 Å². The average molecular weight is 747 g/mol. The van der Waals surface area contributed by atoms with Crippen molar-refractivity contribution in [1.82, 2.24) is 0 Å². The molecule has 6 rings (SSSR count). The van der Waals surface area contributed by atoms with Crippen molar-refractivity contribution in [2.24, 2.45) is 23.7 Å². The molecule has 0 unspecified atom stereocenters. The van der Waals surface area contributed by atoms with Gasteiger partial charge < -0.3 is 53.2 Å². The number of rotatable bonds is 5. The lowest BCUT2D eigenvalue weighted by molar-refractivity contribution is -0.353. The molecule has 16 atom stereocenters. The van der Waals surface area contributed by atoms with E-state index in [1.165, 1.54) is 0 Å². The van der Waals surface area contributed by atoms with Gasteiger partial charge in [-0.2, -0.15) is 0 Å². The minimum Gasteiger partial charge on any atom is -0.462 e. The second kappa shape index (κ2) is 16.3. The summed E-state index contributed by atoms with van der Waals surface area (Å²) >= 11 is 0. The Labute approximate surface area is 314 Å². The van der Waals surface area contributed by atoms with Gasteiger partial charge in [0.05, 0.1) is 43.2 Å². The molecule has 1 spiro atoms. The molecule has 0 aromatic rings. The van der Waals surface area contributed by atoms with Crippen LogP contribution in [-0.4, -0.2) is 121 Å². The summed E-state index contributed by atoms with van der Waals surface area (Å²) in [5, 5.41) is 34.5. The number of carbonyl (C=O) groups excluding carboxylic acids is 1. The number of carbonyl (C=O) groups is 1. The number of esters is 1. The van der Waals surface area contributed by atoms with Crippen LogP contribution < -0.4 is 0 Å². The van der Waals surface area contributed by atoms with Crippen molar-refractivity contribution in [3.05, 3.63) is 47.1 Å². The Morgan fingerprint density at radius 1 is 0.962 bits per heavy atom. The van der Waals surface area contributed by atoms with E-state index >= 15 is 0 Å². The lowest BCUT2D eigenvalue weighted by atomic mass is 9.70. The molecule has 5 heterocycles. The van der Waals surface area contributed by atoms with Crippen molar-refractivity contribution in [3.63, 3.8) is 0 Å². The number of aliphatic hydroxyl groups excluding tert-OH is 2. The average Bonchev–Trinajstić information content (AvgIpc) is 3.44. The molecule has 3 N–H and O–H groups in total. The molecule has 5 aliphatic heterocycles. The third kappa shape index (κ3) is 8.01. The summed E-state index contributed by atoms with van der Waals surface area (Å²) in [4.78, 5) is 14.3. The first-order valence-corrected chi connectivity index (χ1v) is 19.5. The Balaban J connectivity index is 1.39. The van der Waals surface area contributed by atoms with Gasteiger partial charge in [0.1, 0.15) is 35.9 Å². The molecule has 6 aliphatic rings.